The molecular weight excluding hydrogens is 504 g/mol. The molecule has 5 N–H and O–H groups in total. The first kappa shape index (κ1) is 27.1. The number of nitrogens with zero attached hydrogens (tertiary/aromatic N) is 4. The zero-order valence-corrected chi connectivity index (χ0v) is 23.4. The Kier molecular flexibility index (Phi) is 7.58. The number of fused-ring (bicyclic) bond motifs is 1. The van der Waals surface area contributed by atoms with Crippen LogP contribution in [-0.2, 0) is 4.74 Å². The van der Waals surface area contributed by atoms with Crippen molar-refractivity contribution in [3.8, 4) is 10.6 Å². The predicted octanol–water partition coefficient (Wildman–Crippen LogP) is 3.29. The number of rotatable bonds is 9. The summed E-state index contributed by atoms with van der Waals surface area (Å²) in [6.07, 6.45) is 2.44. The predicted molar refractivity (Wildman–Crippen MR) is 148 cm³/mol. The summed E-state index contributed by atoms with van der Waals surface area (Å²) in [7, 11) is 0. The molecule has 1 unspecified atom stereocenters. The molecule has 206 valence electrons. The number of aryl methyl sites for hydroxylation is 2. The highest BCUT2D eigenvalue weighted by molar-refractivity contribution is 7.21. The molecule has 2 saturated carbocycles. The molecule has 0 bridgehead atoms. The van der Waals surface area contributed by atoms with Gasteiger partial charge in [-0.25, -0.2) is 9.97 Å². The minimum absolute atomic E-state index is 0.338. The van der Waals surface area contributed by atoms with Crippen LogP contribution in [-0.4, -0.2) is 78.4 Å². The van der Waals surface area contributed by atoms with Gasteiger partial charge >= 0.3 is 0 Å². The first-order valence-corrected chi connectivity index (χ1v) is 14.2. The Balaban J connectivity index is 1.45. The largest absolute Gasteiger partial charge is 0.390 e. The van der Waals surface area contributed by atoms with Gasteiger partial charge in [0.1, 0.15) is 22.4 Å². The van der Waals surface area contributed by atoms with Gasteiger partial charge in [-0.2, -0.15) is 4.98 Å². The Hall–Kier alpha value is -2.44. The lowest BCUT2D eigenvalue weighted by molar-refractivity contribution is -0.0601. The SMILES string of the molecule is CCOC1CC(CNc2nc(C)c(-c3nc4c(C)nccc4s3)c(NC3C[C@H](C(C)(C)O)[C@@H](O)[C@H]3O)n2)C1. The van der Waals surface area contributed by atoms with Crippen LogP contribution >= 0.6 is 11.3 Å². The molecule has 4 atom stereocenters. The molecule has 3 aromatic rings. The highest BCUT2D eigenvalue weighted by Crippen LogP contribution is 2.40. The molecule has 3 heterocycles. The molecule has 0 saturated heterocycles. The third-order valence-electron chi connectivity index (χ3n) is 7.85. The maximum absolute atomic E-state index is 10.9. The van der Waals surface area contributed by atoms with E-state index in [4.69, 9.17) is 19.7 Å². The van der Waals surface area contributed by atoms with Gasteiger partial charge in [-0.1, -0.05) is 0 Å². The number of aliphatic hydroxyl groups is 3. The van der Waals surface area contributed by atoms with Gasteiger partial charge in [0.05, 0.1) is 45.5 Å². The maximum atomic E-state index is 10.9. The zero-order chi connectivity index (χ0) is 27.2. The number of aliphatic hydroxyl groups excluding tert-OH is 2. The van der Waals surface area contributed by atoms with Crippen molar-refractivity contribution in [3.05, 3.63) is 23.7 Å². The van der Waals surface area contributed by atoms with Gasteiger partial charge in [0.25, 0.3) is 0 Å². The van der Waals surface area contributed by atoms with Crippen molar-refractivity contribution in [1.29, 1.82) is 0 Å². The van der Waals surface area contributed by atoms with E-state index in [-0.39, 0.29) is 0 Å². The number of hydrogen-bond donors (Lipinski definition) is 5. The molecule has 11 heteroatoms. The van der Waals surface area contributed by atoms with Crippen LogP contribution in [0.4, 0.5) is 11.8 Å². The van der Waals surface area contributed by atoms with Gasteiger partial charge in [-0.15, -0.1) is 11.3 Å². The summed E-state index contributed by atoms with van der Waals surface area (Å²) in [6, 6.07) is 1.45. The Bertz CT molecular complexity index is 1290. The number of aromatic nitrogens is 4. The van der Waals surface area contributed by atoms with Crippen LogP contribution in [0.25, 0.3) is 20.8 Å². The number of thiazole rings is 1. The van der Waals surface area contributed by atoms with E-state index in [2.05, 4.69) is 15.6 Å². The van der Waals surface area contributed by atoms with Gasteiger partial charge in [0.15, 0.2) is 0 Å². The molecule has 2 fully saturated rings. The summed E-state index contributed by atoms with van der Waals surface area (Å²) in [4.78, 5) is 18.8. The normalized spacial score (nSPS) is 27.5. The Morgan fingerprint density at radius 3 is 2.50 bits per heavy atom. The van der Waals surface area contributed by atoms with Crippen LogP contribution in [0.1, 0.15) is 51.4 Å². The van der Waals surface area contributed by atoms with Crippen LogP contribution in [0.5, 0.6) is 0 Å². The number of anilines is 2. The zero-order valence-electron chi connectivity index (χ0n) is 22.6. The van der Waals surface area contributed by atoms with Gasteiger partial charge in [-0.05, 0) is 65.9 Å². The number of pyridine rings is 1. The van der Waals surface area contributed by atoms with E-state index >= 15 is 0 Å². The number of ether oxygens (including phenoxy) is 1. The lowest BCUT2D eigenvalue weighted by atomic mass is 9.82. The Morgan fingerprint density at radius 2 is 1.84 bits per heavy atom. The fourth-order valence-corrected chi connectivity index (χ4v) is 6.72. The molecule has 10 nitrogen and oxygen atoms in total. The molecule has 0 aromatic carbocycles. The quantitative estimate of drug-likeness (QED) is 0.273. The first-order valence-electron chi connectivity index (χ1n) is 13.4. The van der Waals surface area contributed by atoms with Gasteiger partial charge in [-0.3, -0.25) is 4.98 Å². The topological polar surface area (TPSA) is 146 Å². The molecule has 0 spiro atoms. The minimum Gasteiger partial charge on any atom is -0.390 e. The van der Waals surface area contributed by atoms with E-state index in [1.165, 1.54) is 0 Å². The summed E-state index contributed by atoms with van der Waals surface area (Å²) >= 11 is 1.54. The third kappa shape index (κ3) is 5.35. The lowest BCUT2D eigenvalue weighted by Gasteiger charge is -2.35. The standard InChI is InChI=1S/C27H38N6O4S/c1-6-37-16-9-15(10-16)12-29-26-30-13(2)20(25-32-21-14(3)28-8-7-19(21)38-25)24(33-26)31-18-11-17(27(4,5)36)22(34)23(18)35/h7-8,15-18,22-23,34-36H,6,9-12H2,1-5H3,(H2,29,30,31,33)/t15?,16?,17-,18?,22+,23-/m0/s1. The van der Waals surface area contributed by atoms with Crippen LogP contribution in [0, 0.1) is 25.7 Å². The lowest BCUT2D eigenvalue weighted by Crippen LogP contribution is -2.40. The maximum Gasteiger partial charge on any atom is 0.224 e. The van der Waals surface area contributed by atoms with E-state index in [1.54, 1.807) is 31.4 Å². The van der Waals surface area contributed by atoms with Crippen molar-refractivity contribution in [2.45, 2.75) is 83.8 Å². The highest BCUT2D eigenvalue weighted by Gasteiger charge is 2.48. The van der Waals surface area contributed by atoms with Crippen LogP contribution in [0.2, 0.25) is 0 Å². The van der Waals surface area contributed by atoms with Crippen LogP contribution in [0.3, 0.4) is 0 Å². The summed E-state index contributed by atoms with van der Waals surface area (Å²) in [5, 5.41) is 39.6. The van der Waals surface area contributed by atoms with Gasteiger partial charge < -0.3 is 30.7 Å². The summed E-state index contributed by atoms with van der Waals surface area (Å²) in [6.45, 7) is 10.7. The van der Waals surface area contributed by atoms with Crippen molar-refractivity contribution >= 4 is 33.3 Å². The Morgan fingerprint density at radius 1 is 1.08 bits per heavy atom. The van der Waals surface area contributed by atoms with Crippen molar-refractivity contribution in [2.24, 2.45) is 11.8 Å². The molecule has 0 aliphatic heterocycles. The molecule has 3 aromatic heterocycles. The Labute approximate surface area is 226 Å². The second-order valence-corrected chi connectivity index (χ2v) is 12.2. The van der Waals surface area contributed by atoms with E-state index in [9.17, 15) is 15.3 Å². The second kappa shape index (κ2) is 10.6. The monoisotopic (exact) mass is 542 g/mol. The van der Waals surface area contributed by atoms with Gasteiger partial charge in [0.2, 0.25) is 5.95 Å². The molecular formula is C27H38N6O4S. The molecule has 5 rings (SSSR count). The van der Waals surface area contributed by atoms with Crippen molar-refractivity contribution in [2.75, 3.05) is 23.8 Å². The average molecular weight is 543 g/mol. The molecule has 2 aliphatic carbocycles. The fraction of sp³-hybridized carbons (Fsp3) is 0.630. The molecule has 0 radical (unpaired) electrons. The minimum atomic E-state index is -1.13. The van der Waals surface area contributed by atoms with E-state index < -0.39 is 29.8 Å². The fourth-order valence-electron chi connectivity index (χ4n) is 5.60. The molecule has 38 heavy (non-hydrogen) atoms. The first-order chi connectivity index (χ1) is 18.0. The van der Waals surface area contributed by atoms with Crippen molar-refractivity contribution in [3.63, 3.8) is 0 Å². The summed E-state index contributed by atoms with van der Waals surface area (Å²) in [5.74, 6) is 1.07. The van der Waals surface area contributed by atoms with Gasteiger partial charge in [0, 0.05) is 25.3 Å². The van der Waals surface area contributed by atoms with Crippen LogP contribution in [0.15, 0.2) is 12.3 Å². The second-order valence-electron chi connectivity index (χ2n) is 11.1. The third-order valence-corrected chi connectivity index (χ3v) is 8.89. The van der Waals surface area contributed by atoms with E-state index in [0.29, 0.717) is 30.2 Å². The number of nitrogens with one attached hydrogen (secondary N) is 2. The molecule has 0 amide bonds. The summed E-state index contributed by atoms with van der Waals surface area (Å²) < 4.78 is 6.70. The summed E-state index contributed by atoms with van der Waals surface area (Å²) in [5.41, 5.74) is 2.07. The van der Waals surface area contributed by atoms with Crippen molar-refractivity contribution in [1.82, 2.24) is 19.9 Å². The van der Waals surface area contributed by atoms with E-state index in [0.717, 1.165) is 58.2 Å². The van der Waals surface area contributed by atoms with Crippen LogP contribution < -0.4 is 10.6 Å². The van der Waals surface area contributed by atoms with E-state index in [1.807, 2.05) is 26.8 Å². The van der Waals surface area contributed by atoms with Crippen molar-refractivity contribution < 1.29 is 20.1 Å². The average Bonchev–Trinajstić information content (AvgIpc) is 3.37. The number of hydrogen-bond acceptors (Lipinski definition) is 11. The molecule has 2 aliphatic rings. The smallest absolute Gasteiger partial charge is 0.224 e. The highest BCUT2D eigenvalue weighted by atomic mass is 32.1.